The molecule has 0 amide bonds. The van der Waals surface area contributed by atoms with E-state index in [-0.39, 0.29) is 12.2 Å². The Balaban J connectivity index is 3.17. The first-order valence-corrected chi connectivity index (χ1v) is 9.14. The Hall–Kier alpha value is -0.860. The van der Waals surface area contributed by atoms with Crippen molar-refractivity contribution < 1.29 is 14.3 Å². The van der Waals surface area contributed by atoms with Crippen LogP contribution in [-0.2, 0) is 14.3 Å². The van der Waals surface area contributed by atoms with Crippen LogP contribution in [0.4, 0.5) is 0 Å². The van der Waals surface area contributed by atoms with E-state index in [2.05, 4.69) is 18.6 Å². The molecule has 130 valence electrons. The van der Waals surface area contributed by atoms with Gasteiger partial charge in [0.1, 0.15) is 12.2 Å². The number of ether oxygens (including phenoxy) is 1. The second kappa shape index (κ2) is 15.1. The summed E-state index contributed by atoms with van der Waals surface area (Å²) in [7, 11) is 1.32. The van der Waals surface area contributed by atoms with Gasteiger partial charge < -0.3 is 4.74 Å². The molecule has 0 atom stereocenters. The van der Waals surface area contributed by atoms with Crippen molar-refractivity contribution in [2.75, 3.05) is 7.11 Å². The van der Waals surface area contributed by atoms with Crippen LogP contribution in [0.5, 0.6) is 0 Å². The third-order valence-corrected chi connectivity index (χ3v) is 4.06. The number of carbonyl (C=O) groups excluding carboxylic acids is 2. The molecule has 0 aliphatic heterocycles. The molecule has 0 spiro atoms. The topological polar surface area (TPSA) is 43.4 Å². The molecule has 0 unspecified atom stereocenters. The van der Waals surface area contributed by atoms with Gasteiger partial charge in [0, 0.05) is 6.42 Å². The highest BCUT2D eigenvalue weighted by Crippen LogP contribution is 2.14. The average molecular weight is 312 g/mol. The molecular weight excluding hydrogens is 276 g/mol. The molecule has 0 radical (unpaired) electrons. The van der Waals surface area contributed by atoms with Gasteiger partial charge in [-0.05, 0) is 12.3 Å². The van der Waals surface area contributed by atoms with Crippen molar-refractivity contribution in [2.45, 2.75) is 97.3 Å². The van der Waals surface area contributed by atoms with Crippen molar-refractivity contribution in [3.63, 3.8) is 0 Å². The Labute approximate surface area is 137 Å². The fourth-order valence-electron chi connectivity index (χ4n) is 2.61. The van der Waals surface area contributed by atoms with Gasteiger partial charge in [0.05, 0.1) is 7.11 Å². The minimum atomic E-state index is -0.418. The van der Waals surface area contributed by atoms with Gasteiger partial charge in [0.25, 0.3) is 0 Å². The lowest BCUT2D eigenvalue weighted by Crippen LogP contribution is -2.08. The van der Waals surface area contributed by atoms with Crippen LogP contribution in [0.1, 0.15) is 97.3 Å². The molecule has 0 saturated heterocycles. The first kappa shape index (κ1) is 21.1. The van der Waals surface area contributed by atoms with E-state index in [4.69, 9.17) is 0 Å². The number of unbranched alkanes of at least 4 members (excludes halogenated alkanes) is 9. The van der Waals surface area contributed by atoms with Gasteiger partial charge in [-0.15, -0.1) is 0 Å². The molecule has 0 aliphatic rings. The molecule has 0 heterocycles. The summed E-state index contributed by atoms with van der Waals surface area (Å²) in [4.78, 5) is 22.3. The first-order valence-electron chi connectivity index (χ1n) is 9.14. The van der Waals surface area contributed by atoms with E-state index in [1.54, 1.807) is 0 Å². The third-order valence-electron chi connectivity index (χ3n) is 4.06. The maximum Gasteiger partial charge on any atom is 0.313 e. The van der Waals surface area contributed by atoms with Gasteiger partial charge in [-0.3, -0.25) is 9.59 Å². The summed E-state index contributed by atoms with van der Waals surface area (Å²) in [5.74, 6) is 0.436. The number of esters is 1. The largest absolute Gasteiger partial charge is 0.469 e. The van der Waals surface area contributed by atoms with Crippen molar-refractivity contribution in [2.24, 2.45) is 5.92 Å². The fourth-order valence-corrected chi connectivity index (χ4v) is 2.61. The van der Waals surface area contributed by atoms with Crippen molar-refractivity contribution >= 4 is 11.8 Å². The fraction of sp³-hybridized carbons (Fsp3) is 0.895. The van der Waals surface area contributed by atoms with Gasteiger partial charge >= 0.3 is 5.97 Å². The number of methoxy groups -OCH3 is 1. The second-order valence-electron chi connectivity index (χ2n) is 6.76. The maximum atomic E-state index is 11.4. The van der Waals surface area contributed by atoms with Crippen molar-refractivity contribution in [1.82, 2.24) is 0 Å². The van der Waals surface area contributed by atoms with E-state index in [1.165, 1.54) is 64.9 Å². The van der Waals surface area contributed by atoms with E-state index >= 15 is 0 Å². The highest BCUT2D eigenvalue weighted by molar-refractivity contribution is 5.95. The second-order valence-corrected chi connectivity index (χ2v) is 6.76. The molecule has 0 aliphatic carbocycles. The molecule has 0 aromatic heterocycles. The van der Waals surface area contributed by atoms with Crippen LogP contribution in [0.15, 0.2) is 0 Å². The zero-order valence-corrected chi connectivity index (χ0v) is 15.0. The zero-order valence-electron chi connectivity index (χ0n) is 15.0. The van der Waals surface area contributed by atoms with Crippen molar-refractivity contribution in [1.29, 1.82) is 0 Å². The zero-order chi connectivity index (χ0) is 16.6. The lowest BCUT2D eigenvalue weighted by Gasteiger charge is -2.04. The molecule has 0 rings (SSSR count). The monoisotopic (exact) mass is 312 g/mol. The number of carbonyl (C=O) groups is 2. The smallest absolute Gasteiger partial charge is 0.313 e. The minimum absolute atomic E-state index is 0.00764. The Morgan fingerprint density at radius 3 is 1.68 bits per heavy atom. The van der Waals surface area contributed by atoms with Gasteiger partial charge in [0.15, 0.2) is 0 Å². The summed E-state index contributed by atoms with van der Waals surface area (Å²) in [6.45, 7) is 4.59. The van der Waals surface area contributed by atoms with Gasteiger partial charge in [-0.2, -0.15) is 0 Å². The highest BCUT2D eigenvalue weighted by Gasteiger charge is 2.08. The summed E-state index contributed by atoms with van der Waals surface area (Å²) in [6.07, 6.45) is 14.5. The highest BCUT2D eigenvalue weighted by atomic mass is 16.5. The normalized spacial score (nSPS) is 10.9. The minimum Gasteiger partial charge on any atom is -0.469 e. The van der Waals surface area contributed by atoms with Crippen molar-refractivity contribution in [3.8, 4) is 0 Å². The third kappa shape index (κ3) is 15.5. The Morgan fingerprint density at radius 2 is 1.23 bits per heavy atom. The predicted molar refractivity (Wildman–Crippen MR) is 91.9 cm³/mol. The first-order chi connectivity index (χ1) is 10.6. The number of hydrogen-bond acceptors (Lipinski definition) is 3. The summed E-state index contributed by atoms with van der Waals surface area (Å²) in [6, 6.07) is 0. The number of Topliss-reactive ketones (excluding diaryl/α,β-unsaturated/α-hetero) is 1. The lowest BCUT2D eigenvalue weighted by atomic mass is 10.0. The molecule has 0 saturated carbocycles. The van der Waals surface area contributed by atoms with Crippen LogP contribution >= 0.6 is 0 Å². The molecule has 0 bridgehead atoms. The molecule has 0 N–H and O–H groups in total. The van der Waals surface area contributed by atoms with Gasteiger partial charge in [-0.1, -0.05) is 78.1 Å². The molecule has 0 fully saturated rings. The van der Waals surface area contributed by atoms with Crippen LogP contribution in [0.2, 0.25) is 0 Å². The van der Waals surface area contributed by atoms with E-state index in [9.17, 15) is 9.59 Å². The molecular formula is C19H36O3. The molecule has 22 heavy (non-hydrogen) atoms. The van der Waals surface area contributed by atoms with E-state index < -0.39 is 5.97 Å². The summed E-state index contributed by atoms with van der Waals surface area (Å²) >= 11 is 0. The molecule has 0 aromatic carbocycles. The number of rotatable bonds is 15. The Bertz CT molecular complexity index is 284. The molecule has 3 heteroatoms. The standard InChI is InChI=1S/C19H36O3/c1-17(2)14-12-10-8-6-4-5-7-9-11-13-15-18(20)16-19(21)22-3/h17H,4-16H2,1-3H3. The van der Waals surface area contributed by atoms with Crippen LogP contribution in [-0.4, -0.2) is 18.9 Å². The SMILES string of the molecule is COC(=O)CC(=O)CCCCCCCCCCCCC(C)C. The van der Waals surface area contributed by atoms with Crippen LogP contribution in [0.25, 0.3) is 0 Å². The van der Waals surface area contributed by atoms with E-state index in [0.717, 1.165) is 18.8 Å². The van der Waals surface area contributed by atoms with Gasteiger partial charge in [0.2, 0.25) is 0 Å². The summed E-state index contributed by atoms with van der Waals surface area (Å²) < 4.78 is 4.48. The number of hydrogen-bond donors (Lipinski definition) is 0. The predicted octanol–water partition coefficient (Wildman–Crippen LogP) is 5.46. The van der Waals surface area contributed by atoms with Crippen LogP contribution in [0, 0.1) is 5.92 Å². The Morgan fingerprint density at radius 1 is 0.773 bits per heavy atom. The number of ketones is 1. The van der Waals surface area contributed by atoms with Crippen LogP contribution in [0.3, 0.4) is 0 Å². The van der Waals surface area contributed by atoms with Crippen LogP contribution < -0.4 is 0 Å². The molecule has 0 aromatic rings. The summed E-state index contributed by atoms with van der Waals surface area (Å²) in [5, 5.41) is 0. The van der Waals surface area contributed by atoms with Gasteiger partial charge in [-0.25, -0.2) is 0 Å². The quantitative estimate of drug-likeness (QED) is 0.229. The summed E-state index contributed by atoms with van der Waals surface area (Å²) in [5.41, 5.74) is 0. The van der Waals surface area contributed by atoms with E-state index in [0.29, 0.717) is 6.42 Å². The maximum absolute atomic E-state index is 11.4. The molecule has 3 nitrogen and oxygen atoms in total. The lowest BCUT2D eigenvalue weighted by molar-refractivity contribution is -0.143. The Kier molecular flexibility index (Phi) is 14.5. The van der Waals surface area contributed by atoms with Crippen molar-refractivity contribution in [3.05, 3.63) is 0 Å². The van der Waals surface area contributed by atoms with E-state index in [1.807, 2.05) is 0 Å². The average Bonchev–Trinajstić information content (AvgIpc) is 2.47.